The number of carbonyl (C=O) groups is 2. The van der Waals surface area contributed by atoms with Gasteiger partial charge in [-0.3, -0.25) is 4.79 Å². The largest absolute Gasteiger partial charge is 0.449 e. The van der Waals surface area contributed by atoms with Crippen LogP contribution in [0.5, 0.6) is 0 Å². The summed E-state index contributed by atoms with van der Waals surface area (Å²) in [4.78, 5) is 28.4. The van der Waals surface area contributed by atoms with E-state index in [0.29, 0.717) is 18.7 Å². The van der Waals surface area contributed by atoms with Crippen molar-refractivity contribution in [2.75, 3.05) is 31.1 Å². The molecule has 24 heavy (non-hydrogen) atoms. The van der Waals surface area contributed by atoms with E-state index in [-0.39, 0.29) is 5.91 Å². The van der Waals surface area contributed by atoms with Crippen LogP contribution in [0, 0.1) is 0 Å². The second-order valence-corrected chi connectivity index (χ2v) is 6.49. The normalized spacial score (nSPS) is 15.9. The number of esters is 1. The van der Waals surface area contributed by atoms with E-state index in [2.05, 4.69) is 17.0 Å². The van der Waals surface area contributed by atoms with Gasteiger partial charge in [0.15, 0.2) is 6.10 Å². The highest BCUT2D eigenvalue weighted by atomic mass is 32.1. The van der Waals surface area contributed by atoms with E-state index in [9.17, 15) is 9.59 Å². The van der Waals surface area contributed by atoms with Gasteiger partial charge >= 0.3 is 5.97 Å². The maximum Gasteiger partial charge on any atom is 0.339 e. The molecule has 1 amide bonds. The third-order valence-electron chi connectivity index (χ3n) is 4.10. The molecule has 0 spiro atoms. The zero-order chi connectivity index (χ0) is 16.9. The van der Waals surface area contributed by atoms with Gasteiger partial charge in [0.2, 0.25) is 0 Å². The van der Waals surface area contributed by atoms with E-state index in [1.807, 2.05) is 23.6 Å². The first-order chi connectivity index (χ1) is 11.6. The lowest BCUT2D eigenvalue weighted by atomic mass is 10.2. The molecule has 1 aromatic heterocycles. The zero-order valence-electron chi connectivity index (χ0n) is 13.6. The van der Waals surface area contributed by atoms with E-state index in [0.717, 1.165) is 13.1 Å². The van der Waals surface area contributed by atoms with Crippen LogP contribution in [0.4, 0.5) is 5.69 Å². The molecule has 1 aromatic carbocycles. The second kappa shape index (κ2) is 7.49. The Bertz CT molecular complexity index is 680. The number of rotatable bonds is 4. The average Bonchev–Trinajstić information content (AvgIpc) is 3.17. The van der Waals surface area contributed by atoms with E-state index in [1.165, 1.54) is 17.0 Å². The smallest absolute Gasteiger partial charge is 0.339 e. The molecule has 0 aliphatic carbocycles. The average molecular weight is 344 g/mol. The summed E-state index contributed by atoms with van der Waals surface area (Å²) in [6.45, 7) is 4.46. The maximum atomic E-state index is 12.5. The van der Waals surface area contributed by atoms with Crippen molar-refractivity contribution in [2.24, 2.45) is 0 Å². The number of ether oxygens (including phenoxy) is 1. The van der Waals surface area contributed by atoms with E-state index < -0.39 is 12.1 Å². The Labute approximate surface area is 145 Å². The third kappa shape index (κ3) is 3.76. The summed E-state index contributed by atoms with van der Waals surface area (Å²) in [5.74, 6) is -0.577. The predicted molar refractivity (Wildman–Crippen MR) is 94.4 cm³/mol. The van der Waals surface area contributed by atoms with Crippen LogP contribution in [0.25, 0.3) is 0 Å². The fourth-order valence-electron chi connectivity index (χ4n) is 2.74. The first kappa shape index (κ1) is 16.5. The predicted octanol–water partition coefficient (Wildman–Crippen LogP) is 2.64. The Hall–Kier alpha value is -2.34. The van der Waals surface area contributed by atoms with Crippen molar-refractivity contribution in [1.82, 2.24) is 4.90 Å². The molecule has 5 nitrogen and oxygen atoms in total. The molecule has 6 heteroatoms. The summed E-state index contributed by atoms with van der Waals surface area (Å²) < 4.78 is 5.28. The fraction of sp³-hybridized carbons (Fsp3) is 0.333. The number of hydrogen-bond donors (Lipinski definition) is 0. The SMILES string of the molecule is C[C@@H](OC(=O)c1ccsc1)C(=O)N1CCN(c2ccccc2)CC1. The highest BCUT2D eigenvalue weighted by Gasteiger charge is 2.27. The van der Waals surface area contributed by atoms with Crippen molar-refractivity contribution in [2.45, 2.75) is 13.0 Å². The molecule has 1 aliphatic heterocycles. The van der Waals surface area contributed by atoms with Gasteiger partial charge in [-0.25, -0.2) is 4.79 Å². The molecule has 0 bridgehead atoms. The van der Waals surface area contributed by atoms with E-state index in [1.54, 1.807) is 23.3 Å². The van der Waals surface area contributed by atoms with Gasteiger partial charge < -0.3 is 14.5 Å². The molecule has 0 saturated carbocycles. The maximum absolute atomic E-state index is 12.5. The van der Waals surface area contributed by atoms with E-state index in [4.69, 9.17) is 4.74 Å². The number of benzene rings is 1. The topological polar surface area (TPSA) is 49.9 Å². The van der Waals surface area contributed by atoms with Crippen LogP contribution >= 0.6 is 11.3 Å². The molecule has 1 saturated heterocycles. The van der Waals surface area contributed by atoms with Crippen LogP contribution in [-0.2, 0) is 9.53 Å². The molecule has 0 unspecified atom stereocenters. The van der Waals surface area contributed by atoms with Crippen LogP contribution in [0.1, 0.15) is 17.3 Å². The van der Waals surface area contributed by atoms with Gasteiger partial charge in [0, 0.05) is 37.2 Å². The number of nitrogens with zero attached hydrogens (tertiary/aromatic N) is 2. The summed E-state index contributed by atoms with van der Waals surface area (Å²) in [5, 5.41) is 3.53. The summed E-state index contributed by atoms with van der Waals surface area (Å²) in [6, 6.07) is 11.9. The van der Waals surface area contributed by atoms with Crippen LogP contribution in [-0.4, -0.2) is 49.1 Å². The molecule has 0 N–H and O–H groups in total. The van der Waals surface area contributed by atoms with Gasteiger partial charge in [-0.15, -0.1) is 0 Å². The molecule has 1 fully saturated rings. The van der Waals surface area contributed by atoms with Gasteiger partial charge in [0.05, 0.1) is 5.56 Å². The van der Waals surface area contributed by atoms with Gasteiger partial charge in [-0.2, -0.15) is 11.3 Å². The van der Waals surface area contributed by atoms with Crippen molar-refractivity contribution < 1.29 is 14.3 Å². The highest BCUT2D eigenvalue weighted by Crippen LogP contribution is 2.16. The van der Waals surface area contributed by atoms with Crippen molar-refractivity contribution in [3.8, 4) is 0 Å². The number of hydrogen-bond acceptors (Lipinski definition) is 5. The Balaban J connectivity index is 1.52. The summed E-state index contributed by atoms with van der Waals surface area (Å²) in [6.07, 6.45) is -0.763. The first-order valence-electron chi connectivity index (χ1n) is 7.97. The standard InChI is InChI=1S/C18H20N2O3S/c1-14(23-18(22)15-7-12-24-13-15)17(21)20-10-8-19(9-11-20)16-5-3-2-4-6-16/h2-7,12-14H,8-11H2,1H3/t14-/m1/s1. The van der Waals surface area contributed by atoms with Crippen LogP contribution < -0.4 is 4.90 Å². The van der Waals surface area contributed by atoms with Gasteiger partial charge in [0.1, 0.15) is 0 Å². The lowest BCUT2D eigenvalue weighted by Crippen LogP contribution is -2.51. The molecular formula is C18H20N2O3S. The summed E-state index contributed by atoms with van der Waals surface area (Å²) in [7, 11) is 0. The molecule has 1 atom stereocenters. The molecule has 126 valence electrons. The lowest BCUT2D eigenvalue weighted by Gasteiger charge is -2.37. The van der Waals surface area contributed by atoms with Crippen LogP contribution in [0.15, 0.2) is 47.2 Å². The number of thiophene rings is 1. The minimum absolute atomic E-state index is 0.133. The molecule has 2 heterocycles. The van der Waals surface area contributed by atoms with Crippen molar-refractivity contribution in [1.29, 1.82) is 0 Å². The number of carbonyl (C=O) groups excluding carboxylic acids is 2. The van der Waals surface area contributed by atoms with Crippen molar-refractivity contribution >= 4 is 28.9 Å². The Morgan fingerprint density at radius 2 is 1.79 bits per heavy atom. The van der Waals surface area contributed by atoms with Crippen LogP contribution in [0.2, 0.25) is 0 Å². The van der Waals surface area contributed by atoms with E-state index >= 15 is 0 Å². The Morgan fingerprint density at radius 3 is 2.42 bits per heavy atom. The molecule has 2 aromatic rings. The summed E-state index contributed by atoms with van der Waals surface area (Å²) >= 11 is 1.43. The van der Waals surface area contributed by atoms with Gasteiger partial charge in [0.25, 0.3) is 5.91 Å². The first-order valence-corrected chi connectivity index (χ1v) is 8.91. The number of para-hydroxylation sites is 1. The van der Waals surface area contributed by atoms with Gasteiger partial charge in [-0.1, -0.05) is 18.2 Å². The molecule has 1 aliphatic rings. The monoisotopic (exact) mass is 344 g/mol. The molecular weight excluding hydrogens is 324 g/mol. The molecule has 3 rings (SSSR count). The van der Waals surface area contributed by atoms with Crippen molar-refractivity contribution in [3.63, 3.8) is 0 Å². The zero-order valence-corrected chi connectivity index (χ0v) is 14.4. The minimum atomic E-state index is -0.763. The minimum Gasteiger partial charge on any atom is -0.449 e. The highest BCUT2D eigenvalue weighted by molar-refractivity contribution is 7.08. The third-order valence-corrected chi connectivity index (χ3v) is 4.78. The quantitative estimate of drug-likeness (QED) is 0.800. The van der Waals surface area contributed by atoms with Crippen LogP contribution in [0.3, 0.4) is 0 Å². The number of anilines is 1. The summed E-state index contributed by atoms with van der Waals surface area (Å²) in [5.41, 5.74) is 1.66. The van der Waals surface area contributed by atoms with Gasteiger partial charge in [-0.05, 0) is 30.5 Å². The Morgan fingerprint density at radius 1 is 1.08 bits per heavy atom. The second-order valence-electron chi connectivity index (χ2n) is 5.71. The number of piperazine rings is 1. The lowest BCUT2D eigenvalue weighted by molar-refractivity contribution is -0.140. The fourth-order valence-corrected chi connectivity index (χ4v) is 3.37. The number of amides is 1. The van der Waals surface area contributed by atoms with Crippen molar-refractivity contribution in [3.05, 3.63) is 52.7 Å². The Kier molecular flexibility index (Phi) is 5.15. The molecule has 0 radical (unpaired) electrons.